The topological polar surface area (TPSA) is 55.3 Å². The molecule has 4 heteroatoms. The number of nitrogens with zero attached hydrogens (tertiary/aromatic N) is 1. The highest BCUT2D eigenvalue weighted by Gasteiger charge is 2.17. The average molecular weight is 508 g/mol. The van der Waals surface area contributed by atoms with Crippen LogP contribution in [0.4, 0.5) is 0 Å². The van der Waals surface area contributed by atoms with Crippen molar-refractivity contribution in [1.29, 1.82) is 0 Å². The van der Waals surface area contributed by atoms with Crippen molar-refractivity contribution in [3.05, 3.63) is 48.0 Å². The first-order chi connectivity index (χ1) is 16.8. The Balaban J connectivity index is 0.0000116. The van der Waals surface area contributed by atoms with Gasteiger partial charge < -0.3 is 11.5 Å². The fourth-order valence-electron chi connectivity index (χ4n) is 4.83. The minimum Gasteiger partial charge on any atom is -0.330 e. The summed E-state index contributed by atoms with van der Waals surface area (Å²) in [5.41, 5.74) is 13.2. The molecule has 1 unspecified atom stereocenters. The predicted octanol–water partition coefficient (Wildman–Crippen LogP) is 8.40. The molecule has 0 aromatic heterocycles. The van der Waals surface area contributed by atoms with Gasteiger partial charge in [-0.15, -0.1) is 12.4 Å². The van der Waals surface area contributed by atoms with Gasteiger partial charge >= 0.3 is 0 Å². The fourth-order valence-corrected chi connectivity index (χ4v) is 4.83. The highest BCUT2D eigenvalue weighted by atomic mass is 35.5. The summed E-state index contributed by atoms with van der Waals surface area (Å²) >= 11 is 0. The van der Waals surface area contributed by atoms with E-state index in [4.69, 9.17) is 11.5 Å². The molecule has 1 rings (SSSR count). The Bertz CT molecular complexity index is 564. The molecule has 4 N–H and O–H groups in total. The van der Waals surface area contributed by atoms with Crippen molar-refractivity contribution >= 4 is 12.4 Å². The molecule has 0 aliphatic carbocycles. The van der Waals surface area contributed by atoms with E-state index >= 15 is 0 Å². The lowest BCUT2D eigenvalue weighted by Crippen LogP contribution is -2.37. The second-order valence-electron chi connectivity index (χ2n) is 10.1. The number of hydrogen-bond donors (Lipinski definition) is 2. The summed E-state index contributed by atoms with van der Waals surface area (Å²) in [5.74, 6) is 0. The lowest BCUT2D eigenvalue weighted by atomic mass is 10.0. The zero-order valence-corrected chi connectivity index (χ0v) is 23.8. The molecule has 0 heterocycles. The number of rotatable bonds is 24. The molecule has 3 nitrogen and oxygen atoms in total. The standard InChI is InChI=1S/C31H57N3.ClH/c1-2-3-4-5-6-7-8-9-10-11-12-13-14-15-16-20-28-34(29-30-22-18-17-19-23-30)31(25-27-33)24-21-26-32;/h9-10,17-19,22-23,31H,2-8,11-16,20-21,24-29,32-33H2,1H3;1H/b10-9-;. The van der Waals surface area contributed by atoms with E-state index in [0.717, 1.165) is 38.9 Å². The van der Waals surface area contributed by atoms with Gasteiger partial charge in [-0.25, -0.2) is 0 Å². The van der Waals surface area contributed by atoms with Gasteiger partial charge in [-0.05, 0) is 76.6 Å². The highest BCUT2D eigenvalue weighted by molar-refractivity contribution is 5.85. The van der Waals surface area contributed by atoms with Gasteiger partial charge in [0.1, 0.15) is 0 Å². The van der Waals surface area contributed by atoms with Gasteiger partial charge in [0, 0.05) is 12.6 Å². The number of allylic oxidation sites excluding steroid dienone is 2. The van der Waals surface area contributed by atoms with E-state index in [9.17, 15) is 0 Å². The van der Waals surface area contributed by atoms with Gasteiger partial charge in [0.05, 0.1) is 0 Å². The Kier molecular flexibility index (Phi) is 25.5. The van der Waals surface area contributed by atoms with Crippen LogP contribution in [0, 0.1) is 0 Å². The van der Waals surface area contributed by atoms with E-state index < -0.39 is 0 Å². The minimum atomic E-state index is 0. The zero-order chi connectivity index (χ0) is 24.5. The van der Waals surface area contributed by atoms with Crippen LogP contribution in [0.1, 0.15) is 122 Å². The quantitative estimate of drug-likeness (QED) is 0.109. The summed E-state index contributed by atoms with van der Waals surface area (Å²) in [6.07, 6.45) is 27.2. The number of benzene rings is 1. The zero-order valence-electron chi connectivity index (χ0n) is 23.0. The summed E-state index contributed by atoms with van der Waals surface area (Å²) in [5, 5.41) is 0. The molecule has 0 saturated carbocycles. The summed E-state index contributed by atoms with van der Waals surface area (Å²) < 4.78 is 0. The lowest BCUT2D eigenvalue weighted by Gasteiger charge is -2.32. The van der Waals surface area contributed by atoms with Crippen molar-refractivity contribution in [3.8, 4) is 0 Å². The fraction of sp³-hybridized carbons (Fsp3) is 0.742. The maximum Gasteiger partial charge on any atom is 0.0236 e. The molecule has 0 bridgehead atoms. The monoisotopic (exact) mass is 507 g/mol. The molecule has 35 heavy (non-hydrogen) atoms. The summed E-state index contributed by atoms with van der Waals surface area (Å²) in [7, 11) is 0. The van der Waals surface area contributed by atoms with Crippen molar-refractivity contribution in [2.24, 2.45) is 11.5 Å². The molecule has 204 valence electrons. The van der Waals surface area contributed by atoms with Crippen LogP contribution in [0.2, 0.25) is 0 Å². The van der Waals surface area contributed by atoms with Gasteiger partial charge in [0.15, 0.2) is 0 Å². The Morgan fingerprint density at radius 3 is 1.83 bits per heavy atom. The first-order valence-corrected chi connectivity index (χ1v) is 14.6. The number of unbranched alkanes of at least 4 members (excludes halogenated alkanes) is 12. The van der Waals surface area contributed by atoms with Crippen molar-refractivity contribution in [2.75, 3.05) is 19.6 Å². The molecule has 0 aliphatic heterocycles. The summed E-state index contributed by atoms with van der Waals surface area (Å²) in [4.78, 5) is 2.67. The van der Waals surface area contributed by atoms with Crippen molar-refractivity contribution < 1.29 is 0 Å². The van der Waals surface area contributed by atoms with Crippen LogP contribution in [-0.2, 0) is 6.54 Å². The first kappa shape index (κ1) is 34.1. The Labute approximate surface area is 224 Å². The van der Waals surface area contributed by atoms with E-state index in [-0.39, 0.29) is 12.4 Å². The van der Waals surface area contributed by atoms with Crippen LogP contribution in [0.3, 0.4) is 0 Å². The molecule has 0 radical (unpaired) electrons. The molecule has 0 saturated heterocycles. The average Bonchev–Trinajstić information content (AvgIpc) is 2.86. The van der Waals surface area contributed by atoms with E-state index in [2.05, 4.69) is 54.3 Å². The van der Waals surface area contributed by atoms with Crippen LogP contribution in [0.5, 0.6) is 0 Å². The number of hydrogen-bond acceptors (Lipinski definition) is 3. The molecule has 0 spiro atoms. The van der Waals surface area contributed by atoms with Gasteiger partial charge in [0.25, 0.3) is 0 Å². The van der Waals surface area contributed by atoms with E-state index in [1.807, 2.05) is 0 Å². The minimum absolute atomic E-state index is 0. The first-order valence-electron chi connectivity index (χ1n) is 14.6. The second-order valence-corrected chi connectivity index (χ2v) is 10.1. The van der Waals surface area contributed by atoms with Gasteiger partial charge in [-0.2, -0.15) is 0 Å². The lowest BCUT2D eigenvalue weighted by molar-refractivity contribution is 0.165. The normalized spacial score (nSPS) is 12.3. The maximum absolute atomic E-state index is 5.96. The van der Waals surface area contributed by atoms with E-state index in [1.165, 1.54) is 102 Å². The van der Waals surface area contributed by atoms with Crippen LogP contribution in [-0.4, -0.2) is 30.6 Å². The van der Waals surface area contributed by atoms with Crippen LogP contribution in [0.15, 0.2) is 42.5 Å². The SMILES string of the molecule is CCCCCCCC/C=C\CCCCCCCCN(Cc1ccccc1)C(CCN)CCCN.Cl. The Morgan fingerprint density at radius 1 is 0.686 bits per heavy atom. The molecule has 1 atom stereocenters. The van der Waals surface area contributed by atoms with Crippen molar-refractivity contribution in [1.82, 2.24) is 4.90 Å². The van der Waals surface area contributed by atoms with Crippen LogP contribution < -0.4 is 11.5 Å². The Hall–Kier alpha value is -0.870. The van der Waals surface area contributed by atoms with Crippen molar-refractivity contribution in [2.45, 2.75) is 129 Å². The molecule has 1 aromatic carbocycles. The summed E-state index contributed by atoms with van der Waals surface area (Å²) in [6, 6.07) is 11.4. The molecule has 0 fully saturated rings. The smallest absolute Gasteiger partial charge is 0.0236 e. The Morgan fingerprint density at radius 2 is 1.26 bits per heavy atom. The molecule has 0 aliphatic rings. The third kappa shape index (κ3) is 19.9. The van der Waals surface area contributed by atoms with Crippen molar-refractivity contribution in [3.63, 3.8) is 0 Å². The largest absolute Gasteiger partial charge is 0.330 e. The highest BCUT2D eigenvalue weighted by Crippen LogP contribution is 2.17. The third-order valence-electron chi connectivity index (χ3n) is 6.94. The van der Waals surface area contributed by atoms with E-state index in [0.29, 0.717) is 6.04 Å². The maximum atomic E-state index is 5.96. The van der Waals surface area contributed by atoms with Gasteiger partial charge in [-0.1, -0.05) is 107 Å². The van der Waals surface area contributed by atoms with Crippen LogP contribution in [0.25, 0.3) is 0 Å². The number of nitrogens with two attached hydrogens (primary N) is 2. The van der Waals surface area contributed by atoms with Crippen LogP contribution >= 0.6 is 12.4 Å². The van der Waals surface area contributed by atoms with E-state index in [1.54, 1.807) is 0 Å². The summed E-state index contributed by atoms with van der Waals surface area (Å²) in [6.45, 7) is 6.02. The molecule has 0 amide bonds. The van der Waals surface area contributed by atoms with Gasteiger partial charge in [-0.3, -0.25) is 4.90 Å². The molecular weight excluding hydrogens is 450 g/mol. The predicted molar refractivity (Wildman–Crippen MR) is 159 cm³/mol. The molecule has 1 aromatic rings. The molecular formula is C31H58ClN3. The van der Waals surface area contributed by atoms with Gasteiger partial charge in [0.2, 0.25) is 0 Å². The second kappa shape index (κ2) is 26.2. The third-order valence-corrected chi connectivity index (χ3v) is 6.94. The number of halogens is 1.